The standard InChI is InChI=1S/C13H21NO5S/c1-10(2)7-12(17-3,18-4)13-11(6-5-9(10)11)8-20(15,16)14(13)19-13/h9H,5-8H2,1-4H3. The second-order valence-corrected chi connectivity index (χ2v) is 9.08. The maximum Gasteiger partial charge on any atom is 0.241 e. The SMILES string of the molecule is COC1(OC)CC(C)(C)C2CCC23CS(=O)(=O)N2OC213. The van der Waals surface area contributed by atoms with Crippen LogP contribution < -0.4 is 0 Å². The number of hydrogen-bond acceptors (Lipinski definition) is 5. The van der Waals surface area contributed by atoms with Crippen LogP contribution in [0.2, 0.25) is 0 Å². The van der Waals surface area contributed by atoms with Crippen molar-refractivity contribution in [2.45, 2.75) is 44.6 Å². The Morgan fingerprint density at radius 2 is 1.90 bits per heavy atom. The van der Waals surface area contributed by atoms with Gasteiger partial charge in [-0.15, -0.1) is 0 Å². The van der Waals surface area contributed by atoms with E-state index in [-0.39, 0.29) is 16.6 Å². The molecule has 2 heterocycles. The second-order valence-electron chi connectivity index (χ2n) is 7.29. The molecule has 20 heavy (non-hydrogen) atoms. The molecule has 4 rings (SSSR count). The second kappa shape index (κ2) is 3.25. The van der Waals surface area contributed by atoms with Crippen LogP contribution in [0.25, 0.3) is 0 Å². The van der Waals surface area contributed by atoms with Crippen molar-refractivity contribution in [2.75, 3.05) is 20.0 Å². The highest BCUT2D eigenvalue weighted by atomic mass is 32.2. The van der Waals surface area contributed by atoms with Crippen molar-refractivity contribution in [3.8, 4) is 0 Å². The lowest BCUT2D eigenvalue weighted by Gasteiger charge is -2.64. The molecule has 2 aliphatic carbocycles. The van der Waals surface area contributed by atoms with Gasteiger partial charge in [-0.3, -0.25) is 0 Å². The minimum atomic E-state index is -3.37. The predicted molar refractivity (Wildman–Crippen MR) is 69.7 cm³/mol. The van der Waals surface area contributed by atoms with E-state index in [9.17, 15) is 8.42 Å². The fourth-order valence-electron chi connectivity index (χ4n) is 5.40. The highest BCUT2D eigenvalue weighted by molar-refractivity contribution is 7.89. The summed E-state index contributed by atoms with van der Waals surface area (Å²) in [6, 6.07) is 0. The third-order valence-corrected chi connectivity index (χ3v) is 7.88. The fourth-order valence-corrected chi connectivity index (χ4v) is 7.64. The summed E-state index contributed by atoms with van der Waals surface area (Å²) in [6.45, 7) is 4.35. The fraction of sp³-hybridized carbons (Fsp3) is 1.00. The molecule has 4 atom stereocenters. The first-order chi connectivity index (χ1) is 9.21. The number of hydrogen-bond donors (Lipinski definition) is 0. The van der Waals surface area contributed by atoms with E-state index in [1.807, 2.05) is 0 Å². The van der Waals surface area contributed by atoms with Crippen molar-refractivity contribution in [2.24, 2.45) is 16.7 Å². The number of hydroxylamine groups is 1. The van der Waals surface area contributed by atoms with Gasteiger partial charge in [-0.05, 0) is 28.6 Å². The molecule has 4 aliphatic rings. The van der Waals surface area contributed by atoms with Crippen molar-refractivity contribution in [1.82, 2.24) is 4.47 Å². The van der Waals surface area contributed by atoms with Crippen molar-refractivity contribution in [3.05, 3.63) is 0 Å². The van der Waals surface area contributed by atoms with Crippen LogP contribution in [0.3, 0.4) is 0 Å². The summed E-state index contributed by atoms with van der Waals surface area (Å²) in [5, 5.41) is 0. The van der Waals surface area contributed by atoms with Gasteiger partial charge in [-0.1, -0.05) is 13.8 Å². The molecule has 0 aromatic rings. The van der Waals surface area contributed by atoms with Gasteiger partial charge >= 0.3 is 0 Å². The van der Waals surface area contributed by atoms with Crippen molar-refractivity contribution >= 4 is 10.0 Å². The van der Waals surface area contributed by atoms with Crippen LogP contribution in [0.15, 0.2) is 0 Å². The zero-order valence-electron chi connectivity index (χ0n) is 12.3. The third kappa shape index (κ3) is 1.06. The van der Waals surface area contributed by atoms with E-state index < -0.39 is 21.5 Å². The number of ether oxygens (including phenoxy) is 2. The zero-order chi connectivity index (χ0) is 14.6. The van der Waals surface area contributed by atoms with E-state index in [1.165, 1.54) is 0 Å². The monoisotopic (exact) mass is 303 g/mol. The van der Waals surface area contributed by atoms with E-state index in [4.69, 9.17) is 14.3 Å². The number of rotatable bonds is 2. The maximum atomic E-state index is 12.4. The normalized spacial score (nSPS) is 52.4. The molecular weight excluding hydrogens is 282 g/mol. The Morgan fingerprint density at radius 3 is 2.35 bits per heavy atom. The molecule has 2 spiro atoms. The Labute approximate surface area is 119 Å². The Bertz CT molecular complexity index is 584. The lowest BCUT2D eigenvalue weighted by Crippen LogP contribution is -2.72. The van der Waals surface area contributed by atoms with Gasteiger partial charge < -0.3 is 9.47 Å². The molecule has 4 unspecified atom stereocenters. The van der Waals surface area contributed by atoms with Gasteiger partial charge in [0, 0.05) is 26.1 Å². The van der Waals surface area contributed by atoms with Crippen LogP contribution in [0.5, 0.6) is 0 Å². The minimum Gasteiger partial charge on any atom is -0.349 e. The highest BCUT2D eigenvalue weighted by Crippen LogP contribution is 2.79. The highest BCUT2D eigenvalue weighted by Gasteiger charge is 2.93. The Morgan fingerprint density at radius 1 is 1.25 bits per heavy atom. The van der Waals surface area contributed by atoms with Crippen LogP contribution in [-0.4, -0.2) is 44.4 Å². The van der Waals surface area contributed by atoms with Crippen LogP contribution in [0.4, 0.5) is 0 Å². The molecule has 6 nitrogen and oxygen atoms in total. The van der Waals surface area contributed by atoms with Gasteiger partial charge in [0.05, 0.1) is 5.75 Å². The molecule has 0 N–H and O–H groups in total. The summed E-state index contributed by atoms with van der Waals surface area (Å²) >= 11 is 0. The summed E-state index contributed by atoms with van der Waals surface area (Å²) in [5.74, 6) is -0.532. The van der Waals surface area contributed by atoms with E-state index in [0.29, 0.717) is 12.3 Å². The molecular formula is C13H21NO5S. The molecule has 7 heteroatoms. The number of nitrogens with zero attached hydrogens (tertiary/aromatic N) is 1. The molecule has 0 bridgehead atoms. The lowest BCUT2D eigenvalue weighted by atomic mass is 9.42. The van der Waals surface area contributed by atoms with Gasteiger partial charge in [0.15, 0.2) is 0 Å². The first kappa shape index (κ1) is 13.5. The molecule has 2 aliphatic heterocycles. The van der Waals surface area contributed by atoms with E-state index in [2.05, 4.69) is 13.8 Å². The largest absolute Gasteiger partial charge is 0.349 e. The maximum absolute atomic E-state index is 12.4. The molecule has 114 valence electrons. The average molecular weight is 303 g/mol. The van der Waals surface area contributed by atoms with E-state index in [0.717, 1.165) is 17.3 Å². The van der Waals surface area contributed by atoms with Gasteiger partial charge in [0.2, 0.25) is 21.5 Å². The van der Waals surface area contributed by atoms with Gasteiger partial charge in [0.1, 0.15) is 0 Å². The quantitative estimate of drug-likeness (QED) is 0.564. The van der Waals surface area contributed by atoms with Crippen LogP contribution in [0.1, 0.15) is 33.1 Å². The molecule has 2 saturated heterocycles. The molecule has 4 fully saturated rings. The van der Waals surface area contributed by atoms with Gasteiger partial charge in [-0.25, -0.2) is 13.3 Å². The molecule has 2 saturated carbocycles. The average Bonchev–Trinajstić information content (AvgIpc) is 3.03. The summed E-state index contributed by atoms with van der Waals surface area (Å²) < 4.78 is 37.3. The summed E-state index contributed by atoms with van der Waals surface area (Å²) in [7, 11) is -0.223. The molecule has 0 aromatic carbocycles. The summed E-state index contributed by atoms with van der Waals surface area (Å²) in [5.41, 5.74) is -1.37. The van der Waals surface area contributed by atoms with Crippen LogP contribution in [0, 0.1) is 16.7 Å². The van der Waals surface area contributed by atoms with E-state index in [1.54, 1.807) is 14.2 Å². The first-order valence-corrected chi connectivity index (χ1v) is 8.65. The predicted octanol–water partition coefficient (Wildman–Crippen LogP) is 1.09. The smallest absolute Gasteiger partial charge is 0.241 e. The van der Waals surface area contributed by atoms with Crippen LogP contribution in [-0.2, 0) is 24.3 Å². The van der Waals surface area contributed by atoms with E-state index >= 15 is 0 Å². The first-order valence-electron chi connectivity index (χ1n) is 7.04. The lowest BCUT2D eigenvalue weighted by molar-refractivity contribution is -0.335. The van der Waals surface area contributed by atoms with Gasteiger partial charge in [-0.2, -0.15) is 0 Å². The molecule has 0 aromatic heterocycles. The Hall–Kier alpha value is -0.210. The third-order valence-electron chi connectivity index (χ3n) is 6.16. The number of sulfonamides is 1. The topological polar surface area (TPSA) is 68.1 Å². The Kier molecular flexibility index (Phi) is 2.18. The van der Waals surface area contributed by atoms with Crippen molar-refractivity contribution in [1.29, 1.82) is 0 Å². The zero-order valence-corrected chi connectivity index (χ0v) is 13.1. The molecule has 0 radical (unpaired) electrons. The van der Waals surface area contributed by atoms with Crippen LogP contribution >= 0.6 is 0 Å². The number of methoxy groups -OCH3 is 2. The van der Waals surface area contributed by atoms with Gasteiger partial charge in [0.25, 0.3) is 0 Å². The van der Waals surface area contributed by atoms with Crippen molar-refractivity contribution in [3.63, 3.8) is 0 Å². The molecule has 0 amide bonds. The Balaban J connectivity index is 1.95. The van der Waals surface area contributed by atoms with Crippen molar-refractivity contribution < 1.29 is 22.7 Å². The summed E-state index contributed by atoms with van der Waals surface area (Å²) in [4.78, 5) is 5.67. The minimum absolute atomic E-state index is 0.0347. The summed E-state index contributed by atoms with van der Waals surface area (Å²) in [6.07, 6.45) is 2.53.